The Balaban J connectivity index is 3.30. The second-order valence-corrected chi connectivity index (χ2v) is 6.78. The maximum atomic E-state index is 12.4. The Bertz CT molecular complexity index is 561. The van der Waals surface area contributed by atoms with Gasteiger partial charge in [0, 0.05) is 0 Å². The van der Waals surface area contributed by atoms with Gasteiger partial charge in [0.1, 0.15) is 0 Å². The number of aromatic carboxylic acids is 1. The van der Waals surface area contributed by atoms with Gasteiger partial charge in [-0.3, -0.25) is 0 Å². The first-order valence-electron chi connectivity index (χ1n) is 6.40. The molecule has 0 spiro atoms. The Morgan fingerprint density at radius 1 is 1.32 bits per heavy atom. The van der Waals surface area contributed by atoms with Crippen LogP contribution in [0.3, 0.4) is 0 Å². The van der Waals surface area contributed by atoms with Gasteiger partial charge in [-0.15, -0.1) is 0 Å². The minimum atomic E-state index is -3.43. The molecule has 0 aliphatic carbocycles. The van der Waals surface area contributed by atoms with Crippen molar-refractivity contribution in [2.24, 2.45) is 5.92 Å². The molecule has 1 aromatic rings. The molecule has 0 aliphatic rings. The molecule has 0 aliphatic heterocycles. The van der Waals surface area contributed by atoms with E-state index >= 15 is 0 Å². The van der Waals surface area contributed by atoms with E-state index in [9.17, 15) is 13.2 Å². The summed E-state index contributed by atoms with van der Waals surface area (Å²) in [6.45, 7) is 5.68. The first-order valence-corrected chi connectivity index (χ1v) is 8.06. The fraction of sp³-hybridized carbons (Fsp3) is 0.500. The van der Waals surface area contributed by atoms with Gasteiger partial charge in [0.15, 0.2) is 9.84 Å². The van der Waals surface area contributed by atoms with Crippen molar-refractivity contribution in [2.75, 3.05) is 5.75 Å². The third-order valence-corrected chi connectivity index (χ3v) is 5.29. The summed E-state index contributed by atoms with van der Waals surface area (Å²) in [6, 6.07) is 4.31. The number of hydrogen-bond donors (Lipinski definition) is 1. The van der Waals surface area contributed by atoms with Crippen molar-refractivity contribution in [1.29, 1.82) is 0 Å². The molecule has 0 saturated heterocycles. The van der Waals surface area contributed by atoms with E-state index in [-0.39, 0.29) is 22.1 Å². The molecule has 0 aromatic heterocycles. The molecule has 4 nitrogen and oxygen atoms in total. The Morgan fingerprint density at radius 2 is 1.95 bits per heavy atom. The van der Waals surface area contributed by atoms with Crippen LogP contribution in [-0.4, -0.2) is 25.2 Å². The number of benzene rings is 1. The van der Waals surface area contributed by atoms with Crippen molar-refractivity contribution in [1.82, 2.24) is 0 Å². The van der Waals surface area contributed by atoms with E-state index in [4.69, 9.17) is 5.11 Å². The van der Waals surface area contributed by atoms with Crippen LogP contribution in [0.5, 0.6) is 0 Å². The molecule has 0 heterocycles. The van der Waals surface area contributed by atoms with Gasteiger partial charge in [0.05, 0.1) is 16.2 Å². The lowest BCUT2D eigenvalue weighted by Crippen LogP contribution is -2.16. The summed E-state index contributed by atoms with van der Waals surface area (Å²) in [6.07, 6.45) is 1.34. The lowest BCUT2D eigenvalue weighted by Gasteiger charge is -2.13. The molecule has 1 atom stereocenters. The molecular formula is C14H20O4S. The zero-order valence-corrected chi connectivity index (χ0v) is 12.3. The minimum absolute atomic E-state index is 0.0138. The van der Waals surface area contributed by atoms with Gasteiger partial charge < -0.3 is 5.11 Å². The van der Waals surface area contributed by atoms with Gasteiger partial charge in [-0.1, -0.05) is 33.3 Å². The average molecular weight is 284 g/mol. The Hall–Kier alpha value is -1.36. The summed E-state index contributed by atoms with van der Waals surface area (Å²) in [5.41, 5.74) is 0.688. The quantitative estimate of drug-likeness (QED) is 0.872. The SMILES string of the molecule is CCc1ccc(C(=O)O)cc1S(=O)(=O)CC(C)CC. The summed E-state index contributed by atoms with van der Waals surface area (Å²) in [5, 5.41) is 8.97. The highest BCUT2D eigenvalue weighted by Gasteiger charge is 2.22. The molecule has 0 amide bonds. The third-order valence-electron chi connectivity index (χ3n) is 3.23. The van der Waals surface area contributed by atoms with Crippen LogP contribution in [0.4, 0.5) is 0 Å². The molecule has 106 valence electrons. The highest BCUT2D eigenvalue weighted by Crippen LogP contribution is 2.22. The van der Waals surface area contributed by atoms with Crippen LogP contribution in [0.1, 0.15) is 43.1 Å². The number of rotatable bonds is 6. The number of carboxylic acids is 1. The minimum Gasteiger partial charge on any atom is -0.478 e. The highest BCUT2D eigenvalue weighted by molar-refractivity contribution is 7.91. The largest absolute Gasteiger partial charge is 0.478 e. The molecular weight excluding hydrogens is 264 g/mol. The van der Waals surface area contributed by atoms with Crippen LogP contribution in [0.15, 0.2) is 23.1 Å². The second-order valence-electron chi connectivity index (χ2n) is 4.78. The summed E-state index contributed by atoms with van der Waals surface area (Å²) in [5.74, 6) is -0.995. The van der Waals surface area contributed by atoms with E-state index in [2.05, 4.69) is 0 Å². The zero-order chi connectivity index (χ0) is 14.6. The third kappa shape index (κ3) is 3.80. The standard InChI is InChI=1S/C14H20O4S/c1-4-10(3)9-19(17,18)13-8-12(14(15)16)7-6-11(13)5-2/h6-8,10H,4-5,9H2,1-3H3,(H,15,16). The summed E-state index contributed by atoms with van der Waals surface area (Å²) >= 11 is 0. The Labute approximate surface area is 114 Å². The molecule has 0 saturated carbocycles. The number of aryl methyl sites for hydroxylation is 1. The van der Waals surface area contributed by atoms with Crippen LogP contribution in [0.25, 0.3) is 0 Å². The molecule has 1 N–H and O–H groups in total. The van der Waals surface area contributed by atoms with E-state index in [1.807, 2.05) is 20.8 Å². The smallest absolute Gasteiger partial charge is 0.335 e. The predicted octanol–water partition coefficient (Wildman–Crippen LogP) is 2.77. The Morgan fingerprint density at radius 3 is 2.42 bits per heavy atom. The molecule has 1 unspecified atom stereocenters. The fourth-order valence-electron chi connectivity index (χ4n) is 1.85. The molecule has 19 heavy (non-hydrogen) atoms. The molecule has 0 fully saturated rings. The number of hydrogen-bond acceptors (Lipinski definition) is 3. The van der Waals surface area contributed by atoms with E-state index in [1.165, 1.54) is 12.1 Å². The normalized spacial score (nSPS) is 13.2. The first-order chi connectivity index (χ1) is 8.81. The van der Waals surface area contributed by atoms with Crippen molar-refractivity contribution in [3.8, 4) is 0 Å². The maximum Gasteiger partial charge on any atom is 0.335 e. The number of carboxylic acid groups (broad SMARTS) is 1. The van der Waals surface area contributed by atoms with Crippen LogP contribution < -0.4 is 0 Å². The van der Waals surface area contributed by atoms with E-state index in [1.54, 1.807) is 6.07 Å². The van der Waals surface area contributed by atoms with Gasteiger partial charge >= 0.3 is 5.97 Å². The van der Waals surface area contributed by atoms with Gasteiger partial charge in [-0.25, -0.2) is 13.2 Å². The lowest BCUT2D eigenvalue weighted by molar-refractivity contribution is 0.0696. The van der Waals surface area contributed by atoms with Crippen molar-refractivity contribution in [3.63, 3.8) is 0 Å². The highest BCUT2D eigenvalue weighted by atomic mass is 32.2. The molecule has 0 radical (unpaired) electrons. The van der Waals surface area contributed by atoms with Gasteiger partial charge in [-0.05, 0) is 30.0 Å². The van der Waals surface area contributed by atoms with Crippen molar-refractivity contribution < 1.29 is 18.3 Å². The fourth-order valence-corrected chi connectivity index (χ4v) is 3.93. The summed E-state index contributed by atoms with van der Waals surface area (Å²) < 4.78 is 24.7. The number of carbonyl (C=O) groups is 1. The molecule has 5 heteroatoms. The first kappa shape index (κ1) is 15.7. The summed E-state index contributed by atoms with van der Waals surface area (Å²) in [4.78, 5) is 11.1. The zero-order valence-electron chi connectivity index (χ0n) is 11.5. The second kappa shape index (κ2) is 6.19. The van der Waals surface area contributed by atoms with Crippen molar-refractivity contribution in [3.05, 3.63) is 29.3 Å². The van der Waals surface area contributed by atoms with Crippen LogP contribution in [0.2, 0.25) is 0 Å². The van der Waals surface area contributed by atoms with Gasteiger partial charge in [0.25, 0.3) is 0 Å². The summed E-state index contributed by atoms with van der Waals surface area (Å²) in [7, 11) is -3.43. The lowest BCUT2D eigenvalue weighted by atomic mass is 10.1. The van der Waals surface area contributed by atoms with Crippen molar-refractivity contribution in [2.45, 2.75) is 38.5 Å². The topological polar surface area (TPSA) is 71.4 Å². The predicted molar refractivity (Wildman–Crippen MR) is 74.3 cm³/mol. The van der Waals surface area contributed by atoms with Crippen LogP contribution in [-0.2, 0) is 16.3 Å². The number of sulfone groups is 1. The Kier molecular flexibility index (Phi) is 5.11. The molecule has 1 rings (SSSR count). The molecule has 0 bridgehead atoms. The monoisotopic (exact) mass is 284 g/mol. The average Bonchev–Trinajstić information content (AvgIpc) is 2.37. The van der Waals surface area contributed by atoms with E-state index < -0.39 is 15.8 Å². The van der Waals surface area contributed by atoms with Gasteiger partial charge in [0.2, 0.25) is 0 Å². The van der Waals surface area contributed by atoms with Gasteiger partial charge in [-0.2, -0.15) is 0 Å². The van der Waals surface area contributed by atoms with Crippen LogP contribution >= 0.6 is 0 Å². The van der Waals surface area contributed by atoms with Crippen molar-refractivity contribution >= 4 is 15.8 Å². The molecule has 1 aromatic carbocycles. The van der Waals surface area contributed by atoms with E-state index in [0.717, 1.165) is 6.42 Å². The van der Waals surface area contributed by atoms with E-state index in [0.29, 0.717) is 12.0 Å². The maximum absolute atomic E-state index is 12.4. The van der Waals surface area contributed by atoms with Crippen LogP contribution in [0, 0.1) is 5.92 Å².